The Morgan fingerprint density at radius 3 is 1.88 bits per heavy atom. The highest BCUT2D eigenvalue weighted by atomic mass is 32.2. The van der Waals surface area contributed by atoms with Gasteiger partial charge in [-0.1, -0.05) is 18.2 Å². The van der Waals surface area contributed by atoms with Crippen LogP contribution in [0.5, 0.6) is 0 Å². The van der Waals surface area contributed by atoms with Gasteiger partial charge in [0.05, 0.1) is 21.1 Å². The maximum Gasteiger partial charge on any atom is 0.442 e. The second-order valence-electron chi connectivity index (χ2n) is 11.2. The van der Waals surface area contributed by atoms with Crippen LogP contribution in [0.3, 0.4) is 0 Å². The first-order valence-corrected chi connectivity index (χ1v) is 14.6. The molecule has 11 heteroatoms. The molecule has 0 aliphatic heterocycles. The summed E-state index contributed by atoms with van der Waals surface area (Å²) in [7, 11) is -3.13. The molecule has 0 spiro atoms. The van der Waals surface area contributed by atoms with Crippen LogP contribution in [0.2, 0.25) is 0 Å². The van der Waals surface area contributed by atoms with Crippen LogP contribution < -0.4 is 10.6 Å². The van der Waals surface area contributed by atoms with Crippen molar-refractivity contribution in [3.05, 3.63) is 78.1 Å². The van der Waals surface area contributed by atoms with E-state index in [1.165, 1.54) is 42.7 Å². The average molecular weight is 584 g/mol. The maximum absolute atomic E-state index is 13.4. The Bertz CT molecular complexity index is 1560. The van der Waals surface area contributed by atoms with Gasteiger partial charge in [0.2, 0.25) is 0 Å². The number of hydrogen-bond acceptors (Lipinski definition) is 6. The van der Waals surface area contributed by atoms with E-state index >= 15 is 0 Å². The Balaban J connectivity index is 1.89. The maximum atomic E-state index is 13.4. The Morgan fingerprint density at radius 2 is 1.32 bits per heavy atom. The van der Waals surface area contributed by atoms with Crippen molar-refractivity contribution in [2.75, 3.05) is 16.9 Å². The van der Waals surface area contributed by atoms with Crippen LogP contribution in [0.15, 0.2) is 76.0 Å². The molecule has 0 aliphatic carbocycles. The standard InChI is InChI=1S/C30H34FN3O6S/c1-29(2,3)39-27(36)33-24-17-12-21(19-8-13-22(31)14-9-19)18-25(24)32-26(35)20-10-15-23(16-11-20)41(7,38)34-28(37)40-30(4,5)6/h8-18H,1-7H3,(H,32,35)(H,33,36)/t41-/m1/s1. The molecule has 218 valence electrons. The van der Waals surface area contributed by atoms with Gasteiger partial charge in [-0.2, -0.15) is 0 Å². The van der Waals surface area contributed by atoms with E-state index in [2.05, 4.69) is 15.0 Å². The van der Waals surface area contributed by atoms with Crippen LogP contribution >= 0.6 is 0 Å². The summed E-state index contributed by atoms with van der Waals surface area (Å²) in [5.74, 6) is -0.907. The van der Waals surface area contributed by atoms with Gasteiger partial charge < -0.3 is 14.8 Å². The van der Waals surface area contributed by atoms with Crippen LogP contribution in [0.1, 0.15) is 51.9 Å². The zero-order chi connectivity index (χ0) is 30.6. The smallest absolute Gasteiger partial charge is 0.442 e. The molecule has 9 nitrogen and oxygen atoms in total. The molecule has 1 atom stereocenters. The first kappa shape index (κ1) is 31.3. The molecule has 3 aromatic rings. The first-order valence-electron chi connectivity index (χ1n) is 12.7. The molecule has 3 rings (SSSR count). The molecule has 0 aromatic heterocycles. The van der Waals surface area contributed by atoms with Crippen LogP contribution in [-0.2, 0) is 19.2 Å². The highest BCUT2D eigenvalue weighted by molar-refractivity contribution is 7.93. The highest BCUT2D eigenvalue weighted by Gasteiger charge is 2.20. The van der Waals surface area contributed by atoms with E-state index in [0.29, 0.717) is 11.1 Å². The van der Waals surface area contributed by atoms with Crippen molar-refractivity contribution < 1.29 is 32.5 Å². The molecule has 0 saturated carbocycles. The minimum absolute atomic E-state index is 0.219. The zero-order valence-corrected chi connectivity index (χ0v) is 24.9. The lowest BCUT2D eigenvalue weighted by Crippen LogP contribution is -2.27. The normalized spacial score (nSPS) is 13.0. The molecule has 3 aromatic carbocycles. The molecular weight excluding hydrogens is 549 g/mol. The van der Waals surface area contributed by atoms with E-state index in [-0.39, 0.29) is 27.7 Å². The van der Waals surface area contributed by atoms with E-state index in [0.717, 1.165) is 0 Å². The van der Waals surface area contributed by atoms with Crippen molar-refractivity contribution in [2.24, 2.45) is 4.36 Å². The van der Waals surface area contributed by atoms with Gasteiger partial charge in [-0.25, -0.2) is 18.2 Å². The number of ether oxygens (including phenoxy) is 2. The van der Waals surface area contributed by atoms with E-state index < -0.39 is 39.0 Å². The van der Waals surface area contributed by atoms with Crippen molar-refractivity contribution >= 4 is 39.2 Å². The van der Waals surface area contributed by atoms with Gasteiger partial charge >= 0.3 is 12.2 Å². The minimum Gasteiger partial charge on any atom is -0.444 e. The Kier molecular flexibility index (Phi) is 9.23. The number of anilines is 2. The van der Waals surface area contributed by atoms with E-state index in [1.807, 2.05) is 0 Å². The summed E-state index contributed by atoms with van der Waals surface area (Å²) in [5, 5.41) is 5.43. The number of amides is 3. The van der Waals surface area contributed by atoms with Crippen molar-refractivity contribution in [3.8, 4) is 11.1 Å². The number of nitrogens with zero attached hydrogens (tertiary/aromatic N) is 1. The lowest BCUT2D eigenvalue weighted by Gasteiger charge is -2.21. The predicted octanol–water partition coefficient (Wildman–Crippen LogP) is 7.48. The van der Waals surface area contributed by atoms with Gasteiger partial charge in [0, 0.05) is 16.7 Å². The third kappa shape index (κ3) is 9.42. The third-order valence-electron chi connectivity index (χ3n) is 5.28. The molecular formula is C30H34FN3O6S. The Morgan fingerprint density at radius 1 is 0.756 bits per heavy atom. The fraction of sp³-hybridized carbons (Fsp3) is 0.300. The van der Waals surface area contributed by atoms with Gasteiger partial charge in [-0.15, -0.1) is 4.36 Å². The number of halogens is 1. The largest absolute Gasteiger partial charge is 0.444 e. The number of hydrogen-bond donors (Lipinski definition) is 2. The van der Waals surface area contributed by atoms with Gasteiger partial charge in [0.15, 0.2) is 0 Å². The molecule has 0 bridgehead atoms. The molecule has 2 N–H and O–H groups in total. The van der Waals surface area contributed by atoms with Gasteiger partial charge in [0.1, 0.15) is 17.0 Å². The summed E-state index contributed by atoms with van der Waals surface area (Å²) < 4.78 is 40.7. The van der Waals surface area contributed by atoms with Crippen LogP contribution in [0.4, 0.5) is 25.4 Å². The summed E-state index contributed by atoms with van der Waals surface area (Å²) in [6, 6.07) is 16.6. The highest BCUT2D eigenvalue weighted by Crippen LogP contribution is 2.30. The molecule has 3 amide bonds. The molecule has 41 heavy (non-hydrogen) atoms. The lowest BCUT2D eigenvalue weighted by atomic mass is 10.0. The summed E-state index contributed by atoms with van der Waals surface area (Å²) in [5.41, 5.74) is 0.604. The fourth-order valence-corrected chi connectivity index (χ4v) is 4.59. The number of carbonyl (C=O) groups is 3. The first-order chi connectivity index (χ1) is 18.9. The number of rotatable bonds is 5. The summed E-state index contributed by atoms with van der Waals surface area (Å²) in [6.07, 6.45) is -0.349. The van der Waals surface area contributed by atoms with Crippen LogP contribution in [-0.4, -0.2) is 39.8 Å². The molecule has 0 fully saturated rings. The number of benzene rings is 3. The van der Waals surface area contributed by atoms with Crippen molar-refractivity contribution in [3.63, 3.8) is 0 Å². The van der Waals surface area contributed by atoms with Crippen molar-refractivity contribution in [1.29, 1.82) is 0 Å². The van der Waals surface area contributed by atoms with E-state index in [9.17, 15) is 23.0 Å². The van der Waals surface area contributed by atoms with E-state index in [1.54, 1.807) is 71.9 Å². The zero-order valence-electron chi connectivity index (χ0n) is 24.0. The summed E-state index contributed by atoms with van der Waals surface area (Å²) in [4.78, 5) is 38.0. The average Bonchev–Trinajstić information content (AvgIpc) is 2.83. The quantitative estimate of drug-likeness (QED) is 0.321. The van der Waals surface area contributed by atoms with Gasteiger partial charge in [0.25, 0.3) is 5.91 Å². The summed E-state index contributed by atoms with van der Waals surface area (Å²) >= 11 is 0. The van der Waals surface area contributed by atoms with Gasteiger partial charge in [-0.05, 0) is 101 Å². The molecule has 0 saturated heterocycles. The van der Waals surface area contributed by atoms with Crippen molar-refractivity contribution in [1.82, 2.24) is 0 Å². The van der Waals surface area contributed by atoms with Crippen LogP contribution in [0, 0.1) is 5.82 Å². The molecule has 0 radical (unpaired) electrons. The fourth-order valence-electron chi connectivity index (χ4n) is 3.52. The van der Waals surface area contributed by atoms with E-state index in [4.69, 9.17) is 9.47 Å². The summed E-state index contributed by atoms with van der Waals surface area (Å²) in [6.45, 7) is 10.2. The monoisotopic (exact) mass is 583 g/mol. The molecule has 0 aliphatic rings. The number of nitrogens with one attached hydrogen (secondary N) is 2. The minimum atomic E-state index is -3.13. The third-order valence-corrected chi connectivity index (χ3v) is 6.92. The lowest BCUT2D eigenvalue weighted by molar-refractivity contribution is 0.0603. The van der Waals surface area contributed by atoms with Crippen molar-refractivity contribution in [2.45, 2.75) is 57.6 Å². The topological polar surface area (TPSA) is 123 Å². The Labute approximate surface area is 239 Å². The van der Waals surface area contributed by atoms with Gasteiger partial charge in [-0.3, -0.25) is 10.1 Å². The van der Waals surface area contributed by atoms with Crippen LogP contribution in [0.25, 0.3) is 11.1 Å². The number of carbonyl (C=O) groups excluding carboxylic acids is 3. The second kappa shape index (κ2) is 12.1. The molecule has 0 heterocycles. The predicted molar refractivity (Wildman–Crippen MR) is 157 cm³/mol. The SMILES string of the molecule is CC(C)(C)OC(=O)N=[S@](C)(=O)c1ccc(C(=O)Nc2cc(-c3ccc(F)cc3)ccc2NC(=O)OC(C)(C)C)cc1. The second-order valence-corrected chi connectivity index (χ2v) is 13.5. The molecule has 0 unspecified atom stereocenters. The Hall–Kier alpha value is -4.25.